The predicted molar refractivity (Wildman–Crippen MR) is 78.6 cm³/mol. The van der Waals surface area contributed by atoms with Crippen molar-refractivity contribution in [2.75, 3.05) is 6.54 Å². The Morgan fingerprint density at radius 1 is 1.32 bits per heavy atom. The van der Waals surface area contributed by atoms with E-state index < -0.39 is 14.9 Å². The SMILES string of the molecule is CC1CC(NC(=O)CNS(=O)(=O)c2ccc([N+](=O)[O-])cc2)C1. The van der Waals surface area contributed by atoms with Crippen molar-refractivity contribution in [3.8, 4) is 0 Å². The molecule has 0 radical (unpaired) electrons. The van der Waals surface area contributed by atoms with Gasteiger partial charge in [0, 0.05) is 18.2 Å². The molecule has 1 amide bonds. The molecular formula is C13H17N3O5S. The van der Waals surface area contributed by atoms with Crippen LogP contribution in [0.3, 0.4) is 0 Å². The minimum absolute atomic E-state index is 0.117. The van der Waals surface area contributed by atoms with Gasteiger partial charge in [-0.3, -0.25) is 14.9 Å². The van der Waals surface area contributed by atoms with Crippen LogP contribution in [0.1, 0.15) is 19.8 Å². The Kier molecular flexibility index (Phi) is 4.77. The molecule has 0 aromatic heterocycles. The summed E-state index contributed by atoms with van der Waals surface area (Å²) >= 11 is 0. The summed E-state index contributed by atoms with van der Waals surface area (Å²) in [5.74, 6) is 0.199. The van der Waals surface area contributed by atoms with Crippen molar-refractivity contribution in [2.24, 2.45) is 5.92 Å². The second-order valence-corrected chi connectivity index (χ2v) is 7.18. The molecule has 0 unspecified atom stereocenters. The van der Waals surface area contributed by atoms with E-state index in [9.17, 15) is 23.3 Å². The fourth-order valence-electron chi connectivity index (χ4n) is 2.29. The normalized spacial score (nSPS) is 21.0. The third-order valence-corrected chi connectivity index (χ3v) is 4.94. The highest BCUT2D eigenvalue weighted by atomic mass is 32.2. The Labute approximate surface area is 128 Å². The van der Waals surface area contributed by atoms with Gasteiger partial charge in [-0.1, -0.05) is 6.92 Å². The summed E-state index contributed by atoms with van der Waals surface area (Å²) in [7, 11) is -3.87. The van der Waals surface area contributed by atoms with E-state index in [1.807, 2.05) is 0 Å². The van der Waals surface area contributed by atoms with Crippen molar-refractivity contribution in [1.82, 2.24) is 10.0 Å². The van der Waals surface area contributed by atoms with Crippen LogP contribution in [0.4, 0.5) is 5.69 Å². The summed E-state index contributed by atoms with van der Waals surface area (Å²) in [5.41, 5.74) is -0.198. The molecule has 0 aliphatic heterocycles. The van der Waals surface area contributed by atoms with Crippen molar-refractivity contribution in [3.63, 3.8) is 0 Å². The second kappa shape index (κ2) is 6.41. The highest BCUT2D eigenvalue weighted by Crippen LogP contribution is 2.26. The number of nitro groups is 1. The lowest BCUT2D eigenvalue weighted by atomic mass is 9.82. The van der Waals surface area contributed by atoms with Gasteiger partial charge in [0.15, 0.2) is 0 Å². The highest BCUT2D eigenvalue weighted by Gasteiger charge is 2.27. The van der Waals surface area contributed by atoms with Gasteiger partial charge in [-0.15, -0.1) is 0 Å². The monoisotopic (exact) mass is 327 g/mol. The summed E-state index contributed by atoms with van der Waals surface area (Å²) in [4.78, 5) is 21.4. The molecular weight excluding hydrogens is 310 g/mol. The number of carbonyl (C=O) groups is 1. The van der Waals surface area contributed by atoms with Crippen LogP contribution in [0.2, 0.25) is 0 Å². The Bertz CT molecular complexity index is 665. The summed E-state index contributed by atoms with van der Waals surface area (Å²) < 4.78 is 26.1. The molecule has 0 spiro atoms. The maximum atomic E-state index is 12.0. The van der Waals surface area contributed by atoms with Crippen LogP contribution in [0.5, 0.6) is 0 Å². The van der Waals surface area contributed by atoms with Crippen molar-refractivity contribution in [1.29, 1.82) is 0 Å². The number of nitrogens with zero attached hydrogens (tertiary/aromatic N) is 1. The number of sulfonamides is 1. The topological polar surface area (TPSA) is 118 Å². The maximum absolute atomic E-state index is 12.0. The van der Waals surface area contributed by atoms with Gasteiger partial charge in [0.1, 0.15) is 0 Å². The van der Waals surface area contributed by atoms with E-state index in [1.165, 1.54) is 0 Å². The zero-order chi connectivity index (χ0) is 16.3. The van der Waals surface area contributed by atoms with Gasteiger partial charge < -0.3 is 5.32 Å². The molecule has 1 aliphatic rings. The van der Waals surface area contributed by atoms with Gasteiger partial charge in [-0.2, -0.15) is 0 Å². The predicted octanol–water partition coefficient (Wildman–Crippen LogP) is 0.788. The average molecular weight is 327 g/mol. The summed E-state index contributed by atoms with van der Waals surface area (Å²) in [6.07, 6.45) is 1.81. The molecule has 8 nitrogen and oxygen atoms in total. The molecule has 0 bridgehead atoms. The molecule has 1 aliphatic carbocycles. The minimum Gasteiger partial charge on any atom is -0.352 e. The number of hydrogen-bond acceptors (Lipinski definition) is 5. The second-order valence-electron chi connectivity index (χ2n) is 5.42. The van der Waals surface area contributed by atoms with E-state index in [2.05, 4.69) is 17.0 Å². The Morgan fingerprint density at radius 2 is 1.91 bits per heavy atom. The van der Waals surface area contributed by atoms with E-state index in [0.717, 1.165) is 37.1 Å². The van der Waals surface area contributed by atoms with Gasteiger partial charge in [0.05, 0.1) is 16.4 Å². The van der Waals surface area contributed by atoms with Gasteiger partial charge in [0.25, 0.3) is 5.69 Å². The van der Waals surface area contributed by atoms with Gasteiger partial charge >= 0.3 is 0 Å². The number of hydrogen-bond donors (Lipinski definition) is 2. The van der Waals surface area contributed by atoms with Gasteiger partial charge in [-0.05, 0) is 30.9 Å². The molecule has 9 heteroatoms. The summed E-state index contributed by atoms with van der Waals surface area (Å²) in [5, 5.41) is 13.3. The molecule has 1 aromatic carbocycles. The van der Waals surface area contributed by atoms with Crippen LogP contribution < -0.4 is 10.0 Å². The smallest absolute Gasteiger partial charge is 0.269 e. The standard InChI is InChI=1S/C13H17N3O5S/c1-9-6-10(7-9)15-13(17)8-14-22(20,21)12-4-2-11(3-5-12)16(18)19/h2-5,9-10,14H,6-8H2,1H3,(H,15,17). The molecule has 1 aromatic rings. The zero-order valence-electron chi connectivity index (χ0n) is 12.0. The molecule has 0 saturated heterocycles. The van der Waals surface area contributed by atoms with E-state index in [-0.39, 0.29) is 29.1 Å². The van der Waals surface area contributed by atoms with Crippen LogP contribution in [0, 0.1) is 16.0 Å². The first-order valence-corrected chi connectivity index (χ1v) is 8.30. The number of nitro benzene ring substituents is 1. The van der Waals surface area contributed by atoms with Crippen LogP contribution in [0.15, 0.2) is 29.2 Å². The van der Waals surface area contributed by atoms with E-state index in [1.54, 1.807) is 0 Å². The Hall–Kier alpha value is -2.00. The first kappa shape index (κ1) is 16.4. The average Bonchev–Trinajstić information content (AvgIpc) is 2.44. The van der Waals surface area contributed by atoms with E-state index >= 15 is 0 Å². The fraction of sp³-hybridized carbons (Fsp3) is 0.462. The lowest BCUT2D eigenvalue weighted by Gasteiger charge is -2.33. The molecule has 120 valence electrons. The number of benzene rings is 1. The highest BCUT2D eigenvalue weighted by molar-refractivity contribution is 7.89. The van der Waals surface area contributed by atoms with Crippen LogP contribution in [0.25, 0.3) is 0 Å². The first-order chi connectivity index (χ1) is 10.3. The van der Waals surface area contributed by atoms with Crippen LogP contribution >= 0.6 is 0 Å². The van der Waals surface area contributed by atoms with Crippen molar-refractivity contribution in [3.05, 3.63) is 34.4 Å². The van der Waals surface area contributed by atoms with E-state index in [0.29, 0.717) is 5.92 Å². The number of amides is 1. The van der Waals surface area contributed by atoms with Crippen molar-refractivity contribution < 1.29 is 18.1 Å². The van der Waals surface area contributed by atoms with Crippen LogP contribution in [-0.2, 0) is 14.8 Å². The third kappa shape index (κ3) is 4.01. The van der Waals surface area contributed by atoms with Crippen molar-refractivity contribution in [2.45, 2.75) is 30.7 Å². The van der Waals surface area contributed by atoms with E-state index in [4.69, 9.17) is 0 Å². The Balaban J connectivity index is 1.90. The van der Waals surface area contributed by atoms with Gasteiger partial charge in [0.2, 0.25) is 15.9 Å². The first-order valence-electron chi connectivity index (χ1n) is 6.81. The molecule has 1 saturated carbocycles. The molecule has 0 heterocycles. The van der Waals surface area contributed by atoms with Crippen molar-refractivity contribution >= 4 is 21.6 Å². The largest absolute Gasteiger partial charge is 0.352 e. The maximum Gasteiger partial charge on any atom is 0.269 e. The Morgan fingerprint density at radius 3 is 2.41 bits per heavy atom. The number of rotatable bonds is 6. The summed E-state index contributed by atoms with van der Waals surface area (Å²) in [6, 6.07) is 4.58. The number of nitrogens with one attached hydrogen (secondary N) is 2. The molecule has 2 rings (SSSR count). The quantitative estimate of drug-likeness (QED) is 0.591. The lowest BCUT2D eigenvalue weighted by molar-refractivity contribution is -0.384. The fourth-order valence-corrected chi connectivity index (χ4v) is 3.27. The lowest BCUT2D eigenvalue weighted by Crippen LogP contribution is -2.47. The van der Waals surface area contributed by atoms with Gasteiger partial charge in [-0.25, -0.2) is 13.1 Å². The summed E-state index contributed by atoms with van der Waals surface area (Å²) in [6.45, 7) is 1.73. The zero-order valence-corrected chi connectivity index (χ0v) is 12.8. The molecule has 2 N–H and O–H groups in total. The molecule has 0 atom stereocenters. The van der Waals surface area contributed by atoms with Crippen LogP contribution in [-0.4, -0.2) is 31.8 Å². The molecule has 22 heavy (non-hydrogen) atoms. The molecule has 1 fully saturated rings. The number of carbonyl (C=O) groups excluding carboxylic acids is 1. The number of non-ortho nitro benzene ring substituents is 1. The third-order valence-electron chi connectivity index (χ3n) is 3.52. The minimum atomic E-state index is -3.87.